The van der Waals surface area contributed by atoms with Crippen molar-refractivity contribution in [2.75, 3.05) is 7.11 Å². The van der Waals surface area contributed by atoms with Crippen LogP contribution in [0.4, 0.5) is 0 Å². The van der Waals surface area contributed by atoms with E-state index in [4.69, 9.17) is 5.73 Å². The SMILES string of the molecule is COC(=O)CC[C@@H](NC(=O)c1ccc(-c2ccccc2)cc1)C(N)=O. The minimum atomic E-state index is -0.930. The molecule has 2 amide bonds. The second-order valence-corrected chi connectivity index (χ2v) is 5.49. The number of ether oxygens (including phenoxy) is 1. The Morgan fingerprint density at radius 2 is 1.60 bits per heavy atom. The van der Waals surface area contributed by atoms with Gasteiger partial charge in [-0.25, -0.2) is 0 Å². The van der Waals surface area contributed by atoms with E-state index < -0.39 is 23.8 Å². The number of methoxy groups -OCH3 is 1. The number of primary amides is 1. The first-order chi connectivity index (χ1) is 12.0. The van der Waals surface area contributed by atoms with Crippen LogP contribution in [0.5, 0.6) is 0 Å². The monoisotopic (exact) mass is 340 g/mol. The lowest BCUT2D eigenvalue weighted by Crippen LogP contribution is -2.44. The summed E-state index contributed by atoms with van der Waals surface area (Å²) in [5.41, 5.74) is 7.72. The summed E-state index contributed by atoms with van der Waals surface area (Å²) in [5, 5.41) is 2.55. The Hall–Kier alpha value is -3.15. The molecule has 0 saturated heterocycles. The lowest BCUT2D eigenvalue weighted by atomic mass is 10.0. The van der Waals surface area contributed by atoms with Crippen molar-refractivity contribution in [3.63, 3.8) is 0 Å². The second-order valence-electron chi connectivity index (χ2n) is 5.49. The molecule has 0 radical (unpaired) electrons. The van der Waals surface area contributed by atoms with Gasteiger partial charge in [-0.15, -0.1) is 0 Å². The highest BCUT2D eigenvalue weighted by Crippen LogP contribution is 2.19. The summed E-state index contributed by atoms with van der Waals surface area (Å²) in [6.45, 7) is 0. The topological polar surface area (TPSA) is 98.5 Å². The van der Waals surface area contributed by atoms with Gasteiger partial charge in [-0.2, -0.15) is 0 Å². The van der Waals surface area contributed by atoms with Gasteiger partial charge in [0.15, 0.2) is 0 Å². The molecule has 0 spiro atoms. The van der Waals surface area contributed by atoms with Crippen molar-refractivity contribution in [3.05, 3.63) is 60.2 Å². The summed E-state index contributed by atoms with van der Waals surface area (Å²) in [4.78, 5) is 34.9. The maximum absolute atomic E-state index is 12.3. The predicted octanol–water partition coefficient (Wildman–Crippen LogP) is 1.89. The Labute approximate surface area is 146 Å². The summed E-state index contributed by atoms with van der Waals surface area (Å²) in [5.74, 6) is -1.58. The smallest absolute Gasteiger partial charge is 0.305 e. The van der Waals surface area contributed by atoms with Gasteiger partial charge in [0.25, 0.3) is 5.91 Å². The summed E-state index contributed by atoms with van der Waals surface area (Å²) in [6, 6.07) is 15.9. The fraction of sp³-hybridized carbons (Fsp3) is 0.211. The number of esters is 1. The predicted molar refractivity (Wildman–Crippen MR) is 93.6 cm³/mol. The highest BCUT2D eigenvalue weighted by molar-refractivity contribution is 5.97. The lowest BCUT2D eigenvalue weighted by Gasteiger charge is -2.15. The number of nitrogens with two attached hydrogens (primary N) is 1. The van der Waals surface area contributed by atoms with Crippen LogP contribution in [-0.4, -0.2) is 30.9 Å². The van der Waals surface area contributed by atoms with Crippen LogP contribution < -0.4 is 11.1 Å². The maximum Gasteiger partial charge on any atom is 0.305 e. The molecule has 6 nitrogen and oxygen atoms in total. The zero-order chi connectivity index (χ0) is 18.2. The Balaban J connectivity index is 2.03. The first-order valence-corrected chi connectivity index (χ1v) is 7.83. The van der Waals surface area contributed by atoms with Crippen LogP contribution in [0.15, 0.2) is 54.6 Å². The van der Waals surface area contributed by atoms with Gasteiger partial charge in [0.2, 0.25) is 5.91 Å². The molecular formula is C19H20N2O4. The molecule has 0 aliphatic rings. The number of amides is 2. The van der Waals surface area contributed by atoms with Crippen molar-refractivity contribution in [1.29, 1.82) is 0 Å². The fourth-order valence-electron chi connectivity index (χ4n) is 2.34. The molecular weight excluding hydrogens is 320 g/mol. The number of rotatable bonds is 7. The number of nitrogens with one attached hydrogen (secondary N) is 1. The van der Waals surface area contributed by atoms with Crippen molar-refractivity contribution in [3.8, 4) is 11.1 Å². The third kappa shape index (κ3) is 5.17. The average molecular weight is 340 g/mol. The van der Waals surface area contributed by atoms with Gasteiger partial charge in [-0.3, -0.25) is 14.4 Å². The van der Waals surface area contributed by atoms with E-state index in [0.29, 0.717) is 5.56 Å². The number of carbonyl (C=O) groups is 3. The molecule has 0 unspecified atom stereocenters. The molecule has 1 atom stereocenters. The maximum atomic E-state index is 12.3. The minimum absolute atomic E-state index is 0.00265. The Kier molecular flexibility index (Phi) is 6.28. The van der Waals surface area contributed by atoms with E-state index in [0.717, 1.165) is 11.1 Å². The number of hydrogen-bond acceptors (Lipinski definition) is 4. The third-order valence-electron chi connectivity index (χ3n) is 3.77. The molecule has 3 N–H and O–H groups in total. The van der Waals surface area contributed by atoms with E-state index in [1.54, 1.807) is 12.1 Å². The van der Waals surface area contributed by atoms with Crippen LogP contribution in [0.2, 0.25) is 0 Å². The Morgan fingerprint density at radius 3 is 2.16 bits per heavy atom. The van der Waals surface area contributed by atoms with Crippen LogP contribution in [0.1, 0.15) is 23.2 Å². The number of hydrogen-bond donors (Lipinski definition) is 2. The minimum Gasteiger partial charge on any atom is -0.469 e. The summed E-state index contributed by atoms with van der Waals surface area (Å²) < 4.78 is 4.52. The van der Waals surface area contributed by atoms with Gasteiger partial charge in [0.05, 0.1) is 7.11 Å². The zero-order valence-electron chi connectivity index (χ0n) is 13.9. The molecule has 0 aliphatic heterocycles. The van der Waals surface area contributed by atoms with Crippen molar-refractivity contribution < 1.29 is 19.1 Å². The molecule has 0 aromatic heterocycles. The largest absolute Gasteiger partial charge is 0.469 e. The van der Waals surface area contributed by atoms with E-state index >= 15 is 0 Å². The molecule has 6 heteroatoms. The molecule has 130 valence electrons. The van der Waals surface area contributed by atoms with Crippen LogP contribution >= 0.6 is 0 Å². The molecule has 0 saturated carbocycles. The van der Waals surface area contributed by atoms with Gasteiger partial charge >= 0.3 is 5.97 Å². The second kappa shape index (κ2) is 8.63. The van der Waals surface area contributed by atoms with E-state index in [-0.39, 0.29) is 12.8 Å². The Bertz CT molecular complexity index is 742. The summed E-state index contributed by atoms with van der Waals surface area (Å²) in [7, 11) is 1.26. The normalized spacial score (nSPS) is 11.4. The van der Waals surface area contributed by atoms with Crippen LogP contribution in [-0.2, 0) is 14.3 Å². The summed E-state index contributed by atoms with van der Waals surface area (Å²) >= 11 is 0. The standard InChI is InChI=1S/C19H20N2O4/c1-25-17(22)12-11-16(18(20)23)21-19(24)15-9-7-14(8-10-15)13-5-3-2-4-6-13/h2-10,16H,11-12H2,1H3,(H2,20,23)(H,21,24)/t16-/m1/s1. The van der Waals surface area contributed by atoms with Gasteiger partial charge in [0, 0.05) is 12.0 Å². The van der Waals surface area contributed by atoms with Crippen LogP contribution in [0.3, 0.4) is 0 Å². The fourth-order valence-corrected chi connectivity index (χ4v) is 2.34. The van der Waals surface area contributed by atoms with Crippen molar-refractivity contribution >= 4 is 17.8 Å². The molecule has 0 aliphatic carbocycles. The number of benzene rings is 2. The molecule has 0 bridgehead atoms. The first kappa shape index (κ1) is 18.2. The highest BCUT2D eigenvalue weighted by atomic mass is 16.5. The Morgan fingerprint density at radius 1 is 1.00 bits per heavy atom. The van der Waals surface area contributed by atoms with E-state index in [1.807, 2.05) is 42.5 Å². The molecule has 0 fully saturated rings. The molecule has 0 heterocycles. The third-order valence-corrected chi connectivity index (χ3v) is 3.77. The van der Waals surface area contributed by atoms with E-state index in [2.05, 4.69) is 10.1 Å². The van der Waals surface area contributed by atoms with Gasteiger partial charge in [0.1, 0.15) is 6.04 Å². The quantitative estimate of drug-likeness (QED) is 0.752. The lowest BCUT2D eigenvalue weighted by molar-refractivity contribution is -0.140. The van der Waals surface area contributed by atoms with E-state index in [1.165, 1.54) is 7.11 Å². The van der Waals surface area contributed by atoms with Crippen LogP contribution in [0, 0.1) is 0 Å². The first-order valence-electron chi connectivity index (χ1n) is 7.83. The van der Waals surface area contributed by atoms with Crippen molar-refractivity contribution in [2.24, 2.45) is 5.73 Å². The van der Waals surface area contributed by atoms with E-state index in [9.17, 15) is 14.4 Å². The van der Waals surface area contributed by atoms with Gasteiger partial charge in [-0.05, 0) is 29.7 Å². The van der Waals surface area contributed by atoms with Crippen LogP contribution in [0.25, 0.3) is 11.1 Å². The van der Waals surface area contributed by atoms with Gasteiger partial charge < -0.3 is 15.8 Å². The zero-order valence-corrected chi connectivity index (χ0v) is 13.9. The molecule has 25 heavy (non-hydrogen) atoms. The molecule has 2 aromatic carbocycles. The molecule has 2 aromatic rings. The van der Waals surface area contributed by atoms with Crippen molar-refractivity contribution in [1.82, 2.24) is 5.32 Å². The molecule has 2 rings (SSSR count). The van der Waals surface area contributed by atoms with Gasteiger partial charge in [-0.1, -0.05) is 42.5 Å². The summed E-state index contributed by atoms with van der Waals surface area (Å²) in [6.07, 6.45) is 0.0905. The number of carbonyl (C=O) groups excluding carboxylic acids is 3. The average Bonchev–Trinajstić information content (AvgIpc) is 2.65. The van der Waals surface area contributed by atoms with Crippen molar-refractivity contribution in [2.45, 2.75) is 18.9 Å². The highest BCUT2D eigenvalue weighted by Gasteiger charge is 2.20.